The molecular formula is C24H21ClN2O3S. The molecule has 158 valence electrons. The highest BCUT2D eigenvalue weighted by atomic mass is 35.5. The number of rotatable bonds is 4. The minimum absolute atomic E-state index is 0.0230. The number of carbonyl (C=O) groups excluding carboxylic acids is 2. The van der Waals surface area contributed by atoms with Crippen LogP contribution in [0.25, 0.3) is 0 Å². The number of Topliss-reactive ketones (excluding diaryl/α,β-unsaturated/α-hetero) is 1. The number of halogens is 1. The van der Waals surface area contributed by atoms with Crippen molar-refractivity contribution < 1.29 is 14.3 Å². The Bertz CT molecular complexity index is 1160. The van der Waals surface area contributed by atoms with Gasteiger partial charge in [0.1, 0.15) is 11.3 Å². The number of fused-ring (bicyclic) bond motifs is 2. The lowest BCUT2D eigenvalue weighted by Crippen LogP contribution is -2.51. The summed E-state index contributed by atoms with van der Waals surface area (Å²) in [5.41, 5.74) is 1.38. The number of thiophene rings is 1. The lowest BCUT2D eigenvalue weighted by Gasteiger charge is -2.35. The van der Waals surface area contributed by atoms with Crippen LogP contribution in [0.5, 0.6) is 5.75 Å². The number of nitrogens with one attached hydrogen (secondary N) is 1. The van der Waals surface area contributed by atoms with Gasteiger partial charge >= 0.3 is 0 Å². The largest absolute Gasteiger partial charge is 0.497 e. The van der Waals surface area contributed by atoms with Gasteiger partial charge in [-0.25, -0.2) is 0 Å². The number of benzene rings is 2. The van der Waals surface area contributed by atoms with Crippen molar-refractivity contribution in [2.45, 2.75) is 11.5 Å². The maximum atomic E-state index is 13.9. The first-order valence-corrected chi connectivity index (χ1v) is 11.3. The summed E-state index contributed by atoms with van der Waals surface area (Å²) >= 11 is 7.52. The molecule has 1 fully saturated rings. The van der Waals surface area contributed by atoms with Crippen LogP contribution in [0.15, 0.2) is 60.0 Å². The molecule has 2 aliphatic rings. The van der Waals surface area contributed by atoms with Gasteiger partial charge in [0.15, 0.2) is 5.78 Å². The van der Waals surface area contributed by atoms with E-state index >= 15 is 0 Å². The molecule has 0 saturated carbocycles. The van der Waals surface area contributed by atoms with Gasteiger partial charge in [-0.15, -0.1) is 11.3 Å². The number of hydrogen-bond donors (Lipinski definition) is 1. The number of nitrogens with zero attached hydrogens (tertiary/aromatic N) is 1. The molecule has 0 radical (unpaired) electrons. The highest BCUT2D eigenvalue weighted by Crippen LogP contribution is 2.56. The number of methoxy groups -OCH3 is 1. The molecule has 0 aliphatic carbocycles. The van der Waals surface area contributed by atoms with Gasteiger partial charge in [-0.2, -0.15) is 0 Å². The van der Waals surface area contributed by atoms with Gasteiger partial charge < -0.3 is 10.1 Å². The molecule has 0 bridgehead atoms. The second-order valence-electron chi connectivity index (χ2n) is 7.99. The number of amides is 1. The lowest BCUT2D eigenvalue weighted by molar-refractivity contribution is -0.126. The molecule has 7 heteroatoms. The third-order valence-corrected chi connectivity index (χ3v) is 7.64. The van der Waals surface area contributed by atoms with E-state index in [9.17, 15) is 9.59 Å². The fourth-order valence-corrected chi connectivity index (χ4v) is 5.96. The van der Waals surface area contributed by atoms with Crippen molar-refractivity contribution in [2.24, 2.45) is 5.92 Å². The molecule has 31 heavy (non-hydrogen) atoms. The first kappa shape index (κ1) is 20.2. The van der Waals surface area contributed by atoms with Crippen molar-refractivity contribution in [3.8, 4) is 5.75 Å². The monoisotopic (exact) mass is 452 g/mol. The van der Waals surface area contributed by atoms with Crippen LogP contribution in [-0.4, -0.2) is 37.3 Å². The summed E-state index contributed by atoms with van der Waals surface area (Å²) in [5, 5.41) is 5.55. The molecule has 0 unspecified atom stereocenters. The van der Waals surface area contributed by atoms with Gasteiger partial charge in [0.2, 0.25) is 5.91 Å². The summed E-state index contributed by atoms with van der Waals surface area (Å²) in [6.45, 7) is 0.563. The van der Waals surface area contributed by atoms with Crippen LogP contribution in [0.2, 0.25) is 5.02 Å². The van der Waals surface area contributed by atoms with E-state index in [1.54, 1.807) is 7.11 Å². The molecular weight excluding hydrogens is 432 g/mol. The van der Waals surface area contributed by atoms with Gasteiger partial charge in [0.05, 0.1) is 17.9 Å². The van der Waals surface area contributed by atoms with Gasteiger partial charge in [-0.1, -0.05) is 29.8 Å². The van der Waals surface area contributed by atoms with E-state index < -0.39 is 11.5 Å². The normalized spacial score (nSPS) is 24.9. The fraction of sp³-hybridized carbons (Fsp3) is 0.250. The minimum Gasteiger partial charge on any atom is -0.497 e. The van der Waals surface area contributed by atoms with E-state index in [1.165, 1.54) is 11.3 Å². The Morgan fingerprint density at radius 2 is 2.00 bits per heavy atom. The molecule has 3 heterocycles. The smallest absolute Gasteiger partial charge is 0.250 e. The number of carbonyl (C=O) groups is 2. The average molecular weight is 453 g/mol. The zero-order valence-corrected chi connectivity index (χ0v) is 18.7. The molecule has 1 aromatic heterocycles. The first-order chi connectivity index (χ1) is 15.0. The van der Waals surface area contributed by atoms with E-state index in [2.05, 4.69) is 5.32 Å². The third kappa shape index (κ3) is 2.93. The van der Waals surface area contributed by atoms with Crippen molar-refractivity contribution in [3.63, 3.8) is 0 Å². The van der Waals surface area contributed by atoms with Gasteiger partial charge in [0.25, 0.3) is 0 Å². The van der Waals surface area contributed by atoms with Crippen LogP contribution in [0.3, 0.4) is 0 Å². The van der Waals surface area contributed by atoms with Crippen molar-refractivity contribution in [3.05, 3.63) is 81.0 Å². The molecule has 5 nitrogen and oxygen atoms in total. The van der Waals surface area contributed by atoms with E-state index in [1.807, 2.05) is 71.9 Å². The topological polar surface area (TPSA) is 58.6 Å². The van der Waals surface area contributed by atoms with E-state index in [0.29, 0.717) is 22.2 Å². The van der Waals surface area contributed by atoms with Gasteiger partial charge in [-0.3, -0.25) is 14.5 Å². The standard InChI is InChI=1S/C24H21ClN2O3S/c1-27-13-17(14-5-7-15(25)8-6-14)21(22(28)20-4-3-11-31-20)24(27)18-12-16(30-2)9-10-19(18)26-23(24)29/h3-12,17,21H,13H2,1-2H3,(H,26,29)/t17-,21+,24+/m1/s1. The predicted molar refractivity (Wildman–Crippen MR) is 122 cm³/mol. The van der Waals surface area contributed by atoms with E-state index in [0.717, 1.165) is 16.8 Å². The van der Waals surface area contributed by atoms with Crippen molar-refractivity contribution in [2.75, 3.05) is 26.0 Å². The minimum atomic E-state index is -1.12. The zero-order chi connectivity index (χ0) is 21.8. The molecule has 3 atom stereocenters. The second-order valence-corrected chi connectivity index (χ2v) is 9.37. The third-order valence-electron chi connectivity index (χ3n) is 6.50. The molecule has 2 aliphatic heterocycles. The van der Waals surface area contributed by atoms with Crippen LogP contribution in [0.1, 0.15) is 26.7 Å². The van der Waals surface area contributed by atoms with E-state index in [4.69, 9.17) is 16.3 Å². The predicted octanol–water partition coefficient (Wildman–Crippen LogP) is 4.79. The molecule has 3 aromatic rings. The Morgan fingerprint density at radius 3 is 2.68 bits per heavy atom. The maximum absolute atomic E-state index is 13.9. The SMILES string of the molecule is COc1ccc2c(c1)[C@@]1(C(=O)N2)[C@H](C(=O)c2cccs2)[C@@H](c2ccc(Cl)cc2)CN1C. The van der Waals surface area contributed by atoms with Gasteiger partial charge in [0, 0.05) is 28.7 Å². The van der Waals surface area contributed by atoms with Crippen LogP contribution >= 0.6 is 22.9 Å². The number of anilines is 1. The molecule has 2 aromatic carbocycles. The molecule has 1 spiro atoms. The summed E-state index contributed by atoms with van der Waals surface area (Å²) < 4.78 is 5.45. The average Bonchev–Trinajstić information content (AvgIpc) is 3.47. The number of ether oxygens (including phenoxy) is 1. The first-order valence-electron chi connectivity index (χ1n) is 10.0. The number of ketones is 1. The van der Waals surface area contributed by atoms with Gasteiger partial charge in [-0.05, 0) is 54.4 Å². The molecule has 1 saturated heterocycles. The summed E-state index contributed by atoms with van der Waals surface area (Å²) in [7, 11) is 3.51. The number of likely N-dealkylation sites (tertiary alicyclic amines) is 1. The zero-order valence-electron chi connectivity index (χ0n) is 17.1. The summed E-state index contributed by atoms with van der Waals surface area (Å²) in [6.07, 6.45) is 0. The van der Waals surface area contributed by atoms with Crippen LogP contribution in [-0.2, 0) is 10.3 Å². The van der Waals surface area contributed by atoms with Crippen molar-refractivity contribution in [1.82, 2.24) is 4.90 Å². The Balaban J connectivity index is 1.73. The Morgan fingerprint density at radius 1 is 1.23 bits per heavy atom. The maximum Gasteiger partial charge on any atom is 0.250 e. The molecule has 1 N–H and O–H groups in total. The molecule has 5 rings (SSSR count). The second kappa shape index (κ2) is 7.48. The summed E-state index contributed by atoms with van der Waals surface area (Å²) in [4.78, 5) is 30.2. The molecule has 1 amide bonds. The van der Waals surface area contributed by atoms with Crippen LogP contribution in [0.4, 0.5) is 5.69 Å². The summed E-state index contributed by atoms with van der Waals surface area (Å²) in [6, 6.07) is 16.8. The highest BCUT2D eigenvalue weighted by Gasteiger charge is 2.64. The van der Waals surface area contributed by atoms with Crippen LogP contribution < -0.4 is 10.1 Å². The Kier molecular flexibility index (Phi) is 4.88. The van der Waals surface area contributed by atoms with Crippen molar-refractivity contribution >= 4 is 40.3 Å². The lowest BCUT2D eigenvalue weighted by atomic mass is 9.71. The Labute approximate surface area is 189 Å². The quantitative estimate of drug-likeness (QED) is 0.578. The number of hydrogen-bond acceptors (Lipinski definition) is 5. The number of likely N-dealkylation sites (N-methyl/N-ethyl adjacent to an activating group) is 1. The Hall–Kier alpha value is -2.67. The van der Waals surface area contributed by atoms with E-state index in [-0.39, 0.29) is 17.6 Å². The highest BCUT2D eigenvalue weighted by molar-refractivity contribution is 7.12. The fourth-order valence-electron chi connectivity index (χ4n) is 5.13. The summed E-state index contributed by atoms with van der Waals surface area (Å²) in [5.74, 6) is -0.305. The van der Waals surface area contributed by atoms with Crippen molar-refractivity contribution in [1.29, 1.82) is 0 Å². The van der Waals surface area contributed by atoms with Crippen LogP contribution in [0, 0.1) is 5.92 Å².